The van der Waals surface area contributed by atoms with Gasteiger partial charge in [0.05, 0.1) is 10.5 Å². The zero-order valence-corrected chi connectivity index (χ0v) is 17.5. The molecule has 2 aromatic carbocycles. The number of rotatable bonds is 3. The molecule has 160 valence electrons. The molecule has 2 saturated carbocycles. The maximum atomic E-state index is 12.5. The van der Waals surface area contributed by atoms with E-state index >= 15 is 0 Å². The van der Waals surface area contributed by atoms with Gasteiger partial charge in [-0.05, 0) is 85.3 Å². The zero-order valence-electron chi connectivity index (χ0n) is 17.5. The topological polar surface area (TPSA) is 86.5 Å². The van der Waals surface area contributed by atoms with Crippen LogP contribution in [0, 0.1) is 27.4 Å². The number of nitro benzene ring substituents is 1. The van der Waals surface area contributed by atoms with Crippen molar-refractivity contribution in [1.29, 1.82) is 0 Å². The molecule has 0 amide bonds. The van der Waals surface area contributed by atoms with Crippen molar-refractivity contribution in [3.63, 3.8) is 0 Å². The third kappa shape index (κ3) is 3.25. The van der Waals surface area contributed by atoms with Crippen molar-refractivity contribution in [2.45, 2.75) is 51.4 Å². The molecule has 0 bridgehead atoms. The Morgan fingerprint density at radius 2 is 1.87 bits per heavy atom. The molecule has 0 unspecified atom stereocenters. The fourth-order valence-electron chi connectivity index (χ4n) is 6.28. The van der Waals surface area contributed by atoms with Crippen LogP contribution < -0.4 is 4.74 Å². The number of nitro groups is 1. The van der Waals surface area contributed by atoms with Crippen LogP contribution in [0.15, 0.2) is 42.5 Å². The van der Waals surface area contributed by atoms with Crippen LogP contribution in [-0.2, 0) is 11.2 Å². The van der Waals surface area contributed by atoms with Crippen molar-refractivity contribution in [2.24, 2.45) is 17.3 Å². The third-order valence-electron chi connectivity index (χ3n) is 7.93. The minimum absolute atomic E-state index is 0.0626. The summed E-state index contributed by atoms with van der Waals surface area (Å²) in [4.78, 5) is 35.2. The van der Waals surface area contributed by atoms with Crippen LogP contribution in [-0.4, -0.2) is 16.7 Å². The van der Waals surface area contributed by atoms with Crippen LogP contribution in [0.4, 0.5) is 5.69 Å². The molecule has 2 aromatic rings. The standard InChI is InChI=1S/C25H25NO5/c1-25-13-12-20-19-9-7-18(31-24(28)15-2-5-17(6-3-15)26(29)30)14-16(19)4-8-21(20)22(25)10-11-23(25)27/h2-3,5-7,9,14,20-22H,4,8,10-13H2,1H3/t20-,21+,22+,25+/m1/s1. The van der Waals surface area contributed by atoms with E-state index in [4.69, 9.17) is 4.74 Å². The van der Waals surface area contributed by atoms with E-state index in [1.165, 1.54) is 35.4 Å². The number of Topliss-reactive ketones (excluding diaryl/α,β-unsaturated/α-hetero) is 1. The van der Waals surface area contributed by atoms with Crippen molar-refractivity contribution in [3.05, 3.63) is 69.3 Å². The predicted molar refractivity (Wildman–Crippen MR) is 114 cm³/mol. The molecular weight excluding hydrogens is 394 g/mol. The number of carbonyl (C=O) groups is 2. The van der Waals surface area contributed by atoms with E-state index in [0.717, 1.165) is 38.5 Å². The molecule has 0 spiro atoms. The highest BCUT2D eigenvalue weighted by molar-refractivity contribution is 5.91. The lowest BCUT2D eigenvalue weighted by molar-refractivity contribution is -0.384. The minimum atomic E-state index is -0.526. The summed E-state index contributed by atoms with van der Waals surface area (Å²) in [6.07, 6.45) is 5.77. The highest BCUT2D eigenvalue weighted by Gasteiger charge is 2.54. The Balaban J connectivity index is 1.34. The molecule has 5 rings (SSSR count). The molecule has 0 saturated heterocycles. The summed E-state index contributed by atoms with van der Waals surface area (Å²) in [5.74, 6) is 1.96. The third-order valence-corrected chi connectivity index (χ3v) is 7.93. The lowest BCUT2D eigenvalue weighted by atomic mass is 9.55. The summed E-state index contributed by atoms with van der Waals surface area (Å²) >= 11 is 0. The molecule has 31 heavy (non-hydrogen) atoms. The van der Waals surface area contributed by atoms with Gasteiger partial charge in [0.25, 0.3) is 5.69 Å². The summed E-state index contributed by atoms with van der Waals surface area (Å²) in [5, 5.41) is 10.8. The van der Waals surface area contributed by atoms with Gasteiger partial charge in [-0.2, -0.15) is 0 Å². The van der Waals surface area contributed by atoms with Crippen molar-refractivity contribution in [3.8, 4) is 5.75 Å². The first-order chi connectivity index (χ1) is 14.9. The average Bonchev–Trinajstić information content (AvgIpc) is 3.08. The average molecular weight is 419 g/mol. The first-order valence-electron chi connectivity index (χ1n) is 11.0. The minimum Gasteiger partial charge on any atom is -0.423 e. The van der Waals surface area contributed by atoms with Gasteiger partial charge in [0.2, 0.25) is 0 Å². The Hall–Kier alpha value is -3.02. The van der Waals surface area contributed by atoms with E-state index in [-0.39, 0.29) is 16.7 Å². The number of benzene rings is 2. The lowest BCUT2D eigenvalue weighted by Gasteiger charge is -2.48. The van der Waals surface area contributed by atoms with Crippen LogP contribution in [0.5, 0.6) is 5.75 Å². The summed E-state index contributed by atoms with van der Waals surface area (Å²) in [6, 6.07) is 11.3. The van der Waals surface area contributed by atoms with Crippen LogP contribution in [0.25, 0.3) is 0 Å². The Kier molecular flexibility index (Phi) is 4.68. The normalized spacial score (nSPS) is 28.9. The molecule has 0 aromatic heterocycles. The monoisotopic (exact) mass is 419 g/mol. The van der Waals surface area contributed by atoms with Gasteiger partial charge in [-0.15, -0.1) is 0 Å². The smallest absolute Gasteiger partial charge is 0.343 e. The molecule has 4 atom stereocenters. The Morgan fingerprint density at radius 1 is 1.10 bits per heavy atom. The molecule has 2 fully saturated rings. The second-order valence-corrected chi connectivity index (χ2v) is 9.39. The number of ether oxygens (including phenoxy) is 1. The number of hydrogen-bond donors (Lipinski definition) is 0. The number of hydrogen-bond acceptors (Lipinski definition) is 5. The van der Waals surface area contributed by atoms with Gasteiger partial charge in [0, 0.05) is 24.0 Å². The summed E-state index contributed by atoms with van der Waals surface area (Å²) in [5.41, 5.74) is 2.66. The first-order valence-corrected chi connectivity index (χ1v) is 11.0. The van der Waals surface area contributed by atoms with Crippen LogP contribution in [0.3, 0.4) is 0 Å². The molecule has 0 heterocycles. The van der Waals surface area contributed by atoms with Gasteiger partial charge >= 0.3 is 5.97 Å². The SMILES string of the molecule is C[C@]12CC[C@@H]3c4ccc(OC(=O)c5ccc([N+](=O)[O-])cc5)cc4CC[C@@H]3[C@@H]1CCC2=O. The van der Waals surface area contributed by atoms with Crippen LogP contribution in [0.1, 0.15) is 66.4 Å². The van der Waals surface area contributed by atoms with E-state index in [0.29, 0.717) is 29.3 Å². The highest BCUT2D eigenvalue weighted by Crippen LogP contribution is 2.59. The number of esters is 1. The molecule has 0 radical (unpaired) electrons. The van der Waals surface area contributed by atoms with Gasteiger partial charge in [-0.25, -0.2) is 4.79 Å². The molecule has 3 aliphatic rings. The van der Waals surface area contributed by atoms with Gasteiger partial charge in [0.15, 0.2) is 0 Å². The van der Waals surface area contributed by atoms with Gasteiger partial charge in [-0.1, -0.05) is 13.0 Å². The summed E-state index contributed by atoms with van der Waals surface area (Å²) in [6.45, 7) is 2.18. The molecule has 0 N–H and O–H groups in total. The van der Waals surface area contributed by atoms with Crippen molar-refractivity contribution in [2.75, 3.05) is 0 Å². The fraction of sp³-hybridized carbons (Fsp3) is 0.440. The van der Waals surface area contributed by atoms with E-state index in [2.05, 4.69) is 13.0 Å². The van der Waals surface area contributed by atoms with Crippen molar-refractivity contribution in [1.82, 2.24) is 0 Å². The maximum absolute atomic E-state index is 12.5. The molecule has 6 heteroatoms. The van der Waals surface area contributed by atoms with Crippen LogP contribution in [0.2, 0.25) is 0 Å². The predicted octanol–water partition coefficient (Wildman–Crippen LogP) is 5.24. The molecular formula is C25H25NO5. The van der Waals surface area contributed by atoms with E-state index < -0.39 is 10.9 Å². The van der Waals surface area contributed by atoms with Gasteiger partial charge < -0.3 is 4.74 Å². The largest absolute Gasteiger partial charge is 0.423 e. The zero-order chi connectivity index (χ0) is 21.8. The first kappa shape index (κ1) is 19.9. The molecule has 3 aliphatic carbocycles. The highest BCUT2D eigenvalue weighted by atomic mass is 16.6. The molecule has 6 nitrogen and oxygen atoms in total. The number of carbonyl (C=O) groups excluding carboxylic acids is 2. The number of fused-ring (bicyclic) bond motifs is 5. The number of aryl methyl sites for hydroxylation is 1. The quantitative estimate of drug-likeness (QED) is 0.294. The fourth-order valence-corrected chi connectivity index (χ4v) is 6.28. The second kappa shape index (κ2) is 7.29. The Bertz CT molecular complexity index is 1080. The van der Waals surface area contributed by atoms with E-state index in [1.807, 2.05) is 12.1 Å². The lowest BCUT2D eigenvalue weighted by Crippen LogP contribution is -2.42. The maximum Gasteiger partial charge on any atom is 0.343 e. The van der Waals surface area contributed by atoms with Crippen molar-refractivity contribution < 1.29 is 19.2 Å². The van der Waals surface area contributed by atoms with Gasteiger partial charge in [-0.3, -0.25) is 14.9 Å². The molecule has 0 aliphatic heterocycles. The summed E-state index contributed by atoms with van der Waals surface area (Å²) < 4.78 is 5.55. The summed E-state index contributed by atoms with van der Waals surface area (Å²) in [7, 11) is 0. The van der Waals surface area contributed by atoms with Gasteiger partial charge in [0.1, 0.15) is 11.5 Å². The number of non-ortho nitro benzene ring substituents is 1. The van der Waals surface area contributed by atoms with Crippen molar-refractivity contribution >= 4 is 17.4 Å². The Morgan fingerprint density at radius 3 is 2.61 bits per heavy atom. The second-order valence-electron chi connectivity index (χ2n) is 9.39. The number of ketones is 1. The van der Waals surface area contributed by atoms with Crippen LogP contribution >= 0.6 is 0 Å². The number of nitrogens with zero attached hydrogens (tertiary/aromatic N) is 1. The van der Waals surface area contributed by atoms with E-state index in [1.54, 1.807) is 0 Å². The van der Waals surface area contributed by atoms with E-state index in [9.17, 15) is 19.7 Å². The Labute approximate surface area is 180 Å².